The van der Waals surface area contributed by atoms with E-state index in [1.165, 1.54) is 0 Å². The largest absolute Gasteiger partial charge is 0.491 e. The number of carbonyl (C=O) groups excluding carboxylic acids is 1. The van der Waals surface area contributed by atoms with E-state index in [9.17, 15) is 4.79 Å². The van der Waals surface area contributed by atoms with Crippen LogP contribution in [-0.2, 0) is 11.3 Å². The predicted molar refractivity (Wildman–Crippen MR) is 103 cm³/mol. The SMILES string of the molecule is CC(C)Oc1ccc(CN2CC(c3nc(-c4ccccn4)no3)CC2=O)cc1. The van der Waals surface area contributed by atoms with Crippen molar-refractivity contribution in [1.82, 2.24) is 20.0 Å². The molecule has 1 unspecified atom stereocenters. The number of nitrogens with zero attached hydrogens (tertiary/aromatic N) is 4. The Morgan fingerprint density at radius 3 is 2.75 bits per heavy atom. The van der Waals surface area contributed by atoms with Gasteiger partial charge in [0.2, 0.25) is 17.6 Å². The number of benzene rings is 1. The van der Waals surface area contributed by atoms with Crippen molar-refractivity contribution in [3.8, 4) is 17.3 Å². The maximum absolute atomic E-state index is 12.5. The highest BCUT2D eigenvalue weighted by Crippen LogP contribution is 2.29. The molecule has 0 bridgehead atoms. The van der Waals surface area contributed by atoms with Crippen molar-refractivity contribution in [3.05, 3.63) is 60.1 Å². The van der Waals surface area contributed by atoms with Crippen LogP contribution in [0.5, 0.6) is 5.75 Å². The number of amides is 1. The van der Waals surface area contributed by atoms with E-state index in [2.05, 4.69) is 15.1 Å². The van der Waals surface area contributed by atoms with Crippen molar-refractivity contribution < 1.29 is 14.1 Å². The fourth-order valence-corrected chi connectivity index (χ4v) is 3.26. The maximum atomic E-state index is 12.5. The van der Waals surface area contributed by atoms with Crippen LogP contribution in [0.1, 0.15) is 37.6 Å². The molecule has 1 atom stereocenters. The molecule has 3 heterocycles. The predicted octanol–water partition coefficient (Wildman–Crippen LogP) is 3.43. The fraction of sp³-hybridized carbons (Fsp3) is 0.333. The van der Waals surface area contributed by atoms with Crippen molar-refractivity contribution in [2.75, 3.05) is 6.54 Å². The highest BCUT2D eigenvalue weighted by Gasteiger charge is 2.34. The number of likely N-dealkylation sites (tertiary alicyclic amines) is 1. The Morgan fingerprint density at radius 1 is 1.21 bits per heavy atom. The van der Waals surface area contributed by atoms with Crippen molar-refractivity contribution in [2.45, 2.75) is 38.8 Å². The van der Waals surface area contributed by atoms with Crippen molar-refractivity contribution in [2.24, 2.45) is 0 Å². The number of pyridine rings is 1. The first-order chi connectivity index (χ1) is 13.6. The van der Waals surface area contributed by atoms with Crippen LogP contribution < -0.4 is 4.74 Å². The molecule has 0 spiro atoms. The lowest BCUT2D eigenvalue weighted by molar-refractivity contribution is -0.128. The molecule has 4 rings (SSSR count). The monoisotopic (exact) mass is 378 g/mol. The van der Waals surface area contributed by atoms with Crippen LogP contribution in [0.15, 0.2) is 53.2 Å². The molecule has 1 aliphatic rings. The van der Waals surface area contributed by atoms with Crippen LogP contribution in [0.2, 0.25) is 0 Å². The Balaban J connectivity index is 1.41. The summed E-state index contributed by atoms with van der Waals surface area (Å²) in [5.74, 6) is 1.75. The zero-order valence-electron chi connectivity index (χ0n) is 15.9. The summed E-state index contributed by atoms with van der Waals surface area (Å²) >= 11 is 0. The first kappa shape index (κ1) is 18.2. The van der Waals surface area contributed by atoms with Crippen molar-refractivity contribution >= 4 is 5.91 Å². The summed E-state index contributed by atoms with van der Waals surface area (Å²) in [4.78, 5) is 22.9. The van der Waals surface area contributed by atoms with Gasteiger partial charge in [0.05, 0.1) is 12.0 Å². The molecular formula is C21H22N4O3. The van der Waals surface area contributed by atoms with E-state index < -0.39 is 0 Å². The van der Waals surface area contributed by atoms with Gasteiger partial charge in [-0.25, -0.2) is 0 Å². The first-order valence-corrected chi connectivity index (χ1v) is 9.37. The molecule has 0 saturated carbocycles. The molecule has 1 saturated heterocycles. The summed E-state index contributed by atoms with van der Waals surface area (Å²) in [7, 11) is 0. The summed E-state index contributed by atoms with van der Waals surface area (Å²) in [5, 5.41) is 4.01. The Bertz CT molecular complexity index is 938. The molecule has 1 aliphatic heterocycles. The standard InChI is InChI=1S/C21H22N4O3/c1-14(2)27-17-8-6-15(7-9-17)12-25-13-16(11-19(25)26)21-23-20(24-28-21)18-5-3-4-10-22-18/h3-10,14,16H,11-13H2,1-2H3. The molecule has 1 amide bonds. The Labute approximate surface area is 163 Å². The van der Waals surface area contributed by atoms with Crippen LogP contribution in [0.25, 0.3) is 11.5 Å². The third kappa shape index (κ3) is 4.03. The van der Waals surface area contributed by atoms with Gasteiger partial charge in [-0.05, 0) is 43.7 Å². The quantitative estimate of drug-likeness (QED) is 0.654. The van der Waals surface area contributed by atoms with E-state index in [4.69, 9.17) is 9.26 Å². The minimum absolute atomic E-state index is 0.0880. The number of aromatic nitrogens is 3. The molecule has 28 heavy (non-hydrogen) atoms. The number of ether oxygens (including phenoxy) is 1. The molecule has 7 heteroatoms. The zero-order chi connectivity index (χ0) is 19.5. The normalized spacial score (nSPS) is 16.8. The second-order valence-electron chi connectivity index (χ2n) is 7.16. The average Bonchev–Trinajstić information content (AvgIpc) is 3.31. The topological polar surface area (TPSA) is 81.3 Å². The molecule has 0 aliphatic carbocycles. The second-order valence-corrected chi connectivity index (χ2v) is 7.16. The fourth-order valence-electron chi connectivity index (χ4n) is 3.26. The third-order valence-corrected chi connectivity index (χ3v) is 4.57. The zero-order valence-corrected chi connectivity index (χ0v) is 15.9. The van der Waals surface area contributed by atoms with E-state index in [0.29, 0.717) is 36.9 Å². The highest BCUT2D eigenvalue weighted by molar-refractivity contribution is 5.79. The van der Waals surface area contributed by atoms with Gasteiger partial charge in [-0.1, -0.05) is 23.4 Å². The Hall–Kier alpha value is -3.22. The summed E-state index contributed by atoms with van der Waals surface area (Å²) in [6.45, 7) is 5.10. The molecule has 0 N–H and O–H groups in total. The number of hydrogen-bond donors (Lipinski definition) is 0. The van der Waals surface area contributed by atoms with Crippen LogP contribution >= 0.6 is 0 Å². The van der Waals surface area contributed by atoms with Gasteiger partial charge in [0.1, 0.15) is 11.4 Å². The van der Waals surface area contributed by atoms with E-state index in [-0.39, 0.29) is 17.9 Å². The summed E-state index contributed by atoms with van der Waals surface area (Å²) in [5.41, 5.74) is 1.71. The second kappa shape index (κ2) is 7.80. The lowest BCUT2D eigenvalue weighted by atomic mass is 10.1. The van der Waals surface area contributed by atoms with Crippen molar-refractivity contribution in [1.29, 1.82) is 0 Å². The number of rotatable bonds is 6. The molecule has 3 aromatic rings. The van der Waals surface area contributed by atoms with Crippen LogP contribution in [-0.4, -0.2) is 38.6 Å². The van der Waals surface area contributed by atoms with Gasteiger partial charge < -0.3 is 14.2 Å². The number of carbonyl (C=O) groups is 1. The van der Waals surface area contributed by atoms with Crippen LogP contribution in [0.3, 0.4) is 0 Å². The van der Waals surface area contributed by atoms with E-state index in [0.717, 1.165) is 11.3 Å². The van der Waals surface area contributed by atoms with Gasteiger partial charge in [0.15, 0.2) is 0 Å². The first-order valence-electron chi connectivity index (χ1n) is 9.37. The van der Waals surface area contributed by atoms with E-state index in [1.54, 1.807) is 6.20 Å². The molecule has 0 radical (unpaired) electrons. The van der Waals surface area contributed by atoms with E-state index >= 15 is 0 Å². The van der Waals surface area contributed by atoms with Crippen LogP contribution in [0.4, 0.5) is 0 Å². The average molecular weight is 378 g/mol. The van der Waals surface area contributed by atoms with E-state index in [1.807, 2.05) is 61.2 Å². The van der Waals surface area contributed by atoms with Gasteiger partial charge in [0.25, 0.3) is 0 Å². The minimum atomic E-state index is -0.0963. The summed E-state index contributed by atoms with van der Waals surface area (Å²) < 4.78 is 11.1. The summed E-state index contributed by atoms with van der Waals surface area (Å²) in [6.07, 6.45) is 2.19. The minimum Gasteiger partial charge on any atom is -0.491 e. The van der Waals surface area contributed by atoms with Gasteiger partial charge in [0, 0.05) is 25.7 Å². The lowest BCUT2D eigenvalue weighted by Crippen LogP contribution is -2.24. The van der Waals surface area contributed by atoms with Gasteiger partial charge in [-0.2, -0.15) is 4.98 Å². The molecule has 2 aromatic heterocycles. The van der Waals surface area contributed by atoms with Crippen molar-refractivity contribution in [3.63, 3.8) is 0 Å². The van der Waals surface area contributed by atoms with Gasteiger partial charge in [-0.15, -0.1) is 0 Å². The molecule has 7 nitrogen and oxygen atoms in total. The third-order valence-electron chi connectivity index (χ3n) is 4.57. The molecular weight excluding hydrogens is 356 g/mol. The Kier molecular flexibility index (Phi) is 5.06. The maximum Gasteiger partial charge on any atom is 0.232 e. The number of hydrogen-bond acceptors (Lipinski definition) is 6. The van der Waals surface area contributed by atoms with Gasteiger partial charge >= 0.3 is 0 Å². The van der Waals surface area contributed by atoms with Gasteiger partial charge in [-0.3, -0.25) is 9.78 Å². The molecule has 1 fully saturated rings. The molecule has 1 aromatic carbocycles. The highest BCUT2D eigenvalue weighted by atomic mass is 16.5. The lowest BCUT2D eigenvalue weighted by Gasteiger charge is -2.16. The Morgan fingerprint density at radius 2 is 2.04 bits per heavy atom. The van der Waals surface area contributed by atoms with Crippen LogP contribution in [0, 0.1) is 0 Å². The smallest absolute Gasteiger partial charge is 0.232 e. The molecule has 144 valence electrons. The summed E-state index contributed by atoms with van der Waals surface area (Å²) in [6, 6.07) is 13.4.